The molecule has 2 aromatic heterocycles. The number of hydrogen-bond acceptors (Lipinski definition) is 4. The lowest BCUT2D eigenvalue weighted by Gasteiger charge is -2.06. The predicted molar refractivity (Wildman–Crippen MR) is 73.1 cm³/mol. The van der Waals surface area contributed by atoms with Crippen LogP contribution in [0.15, 0.2) is 33.5 Å². The number of aromatic amines is 1. The van der Waals surface area contributed by atoms with Gasteiger partial charge in [0.1, 0.15) is 11.4 Å². The Kier molecular flexibility index (Phi) is 2.63. The topological polar surface area (TPSA) is 83.3 Å². The van der Waals surface area contributed by atoms with Crippen LogP contribution in [0.1, 0.15) is 5.82 Å². The van der Waals surface area contributed by atoms with Gasteiger partial charge in [-0.2, -0.15) is 9.50 Å². The molecule has 2 heterocycles. The molecule has 2 N–H and O–H groups in total. The number of aromatic hydroxyl groups is 1. The number of nitrogens with zero attached hydrogens (tertiary/aromatic N) is 3. The third kappa shape index (κ3) is 1.82. The van der Waals surface area contributed by atoms with Gasteiger partial charge in [0.05, 0.1) is 0 Å². The summed E-state index contributed by atoms with van der Waals surface area (Å²) in [6.45, 7) is 1.68. The Bertz CT molecular complexity index is 837. The molecule has 0 aliphatic heterocycles. The first-order chi connectivity index (χ1) is 9.08. The van der Waals surface area contributed by atoms with E-state index in [0.717, 1.165) is 0 Å². The molecule has 0 radical (unpaired) electrons. The van der Waals surface area contributed by atoms with Crippen molar-refractivity contribution in [2.24, 2.45) is 0 Å². The van der Waals surface area contributed by atoms with E-state index < -0.39 is 5.56 Å². The molecule has 3 aromatic rings. The molecule has 96 valence electrons. The SMILES string of the molecule is Cc1nc2[nH]c(=O)c(-c3ccccc3Br)c(O)n2n1. The summed E-state index contributed by atoms with van der Waals surface area (Å²) in [5.41, 5.74) is 0.338. The van der Waals surface area contributed by atoms with Crippen molar-refractivity contribution >= 4 is 21.7 Å². The van der Waals surface area contributed by atoms with Crippen molar-refractivity contribution in [1.29, 1.82) is 0 Å². The number of hydrogen-bond donors (Lipinski definition) is 2. The van der Waals surface area contributed by atoms with Gasteiger partial charge in [-0.05, 0) is 13.0 Å². The molecule has 3 rings (SSSR count). The Morgan fingerprint density at radius 1 is 1.37 bits per heavy atom. The number of nitrogens with one attached hydrogen (secondary N) is 1. The molecular weight excluding hydrogens is 312 g/mol. The van der Waals surface area contributed by atoms with Gasteiger partial charge in [0.15, 0.2) is 0 Å². The highest BCUT2D eigenvalue weighted by molar-refractivity contribution is 9.10. The third-order valence-corrected chi connectivity index (χ3v) is 3.42. The summed E-state index contributed by atoms with van der Waals surface area (Å²) < 4.78 is 1.93. The van der Waals surface area contributed by atoms with E-state index in [1.807, 2.05) is 6.07 Å². The van der Waals surface area contributed by atoms with Gasteiger partial charge in [-0.25, -0.2) is 0 Å². The normalized spacial score (nSPS) is 11.1. The van der Waals surface area contributed by atoms with E-state index in [1.165, 1.54) is 4.52 Å². The van der Waals surface area contributed by atoms with Crippen molar-refractivity contribution in [3.05, 3.63) is 44.9 Å². The predicted octanol–water partition coefficient (Wildman–Crippen LogP) is 1.86. The summed E-state index contributed by atoms with van der Waals surface area (Å²) in [7, 11) is 0. The fourth-order valence-electron chi connectivity index (χ4n) is 1.92. The van der Waals surface area contributed by atoms with Gasteiger partial charge in [-0.1, -0.05) is 34.1 Å². The van der Waals surface area contributed by atoms with E-state index in [-0.39, 0.29) is 17.2 Å². The number of benzene rings is 1. The number of halogens is 1. The van der Waals surface area contributed by atoms with Gasteiger partial charge < -0.3 is 5.11 Å². The highest BCUT2D eigenvalue weighted by Crippen LogP contribution is 2.31. The molecule has 0 aliphatic rings. The summed E-state index contributed by atoms with van der Waals surface area (Å²) in [6, 6.07) is 7.15. The standard InChI is InChI=1S/C12H9BrN4O2/c1-6-14-12-15-10(18)9(11(19)17(12)16-6)7-4-2-3-5-8(7)13/h2-5,19H,1H3,(H,14,15,16,18). The minimum atomic E-state index is -0.413. The first-order valence-corrected chi connectivity index (χ1v) is 6.31. The maximum absolute atomic E-state index is 12.1. The second-order valence-electron chi connectivity index (χ2n) is 4.03. The lowest BCUT2D eigenvalue weighted by molar-refractivity contribution is 0.436. The minimum Gasteiger partial charge on any atom is -0.493 e. The molecule has 1 aromatic carbocycles. The van der Waals surface area contributed by atoms with Gasteiger partial charge in [-0.15, -0.1) is 5.10 Å². The molecular formula is C12H9BrN4O2. The third-order valence-electron chi connectivity index (χ3n) is 2.73. The van der Waals surface area contributed by atoms with Crippen LogP contribution >= 0.6 is 15.9 Å². The first-order valence-electron chi connectivity index (χ1n) is 5.51. The smallest absolute Gasteiger partial charge is 0.264 e. The monoisotopic (exact) mass is 320 g/mol. The average Bonchev–Trinajstić information content (AvgIpc) is 2.72. The van der Waals surface area contributed by atoms with Gasteiger partial charge >= 0.3 is 0 Å². The van der Waals surface area contributed by atoms with Crippen LogP contribution in [0.4, 0.5) is 0 Å². The highest BCUT2D eigenvalue weighted by atomic mass is 79.9. The number of rotatable bonds is 1. The molecule has 0 spiro atoms. The zero-order valence-electron chi connectivity index (χ0n) is 9.88. The van der Waals surface area contributed by atoms with Crippen molar-refractivity contribution in [1.82, 2.24) is 19.6 Å². The van der Waals surface area contributed by atoms with Gasteiger partial charge in [0.25, 0.3) is 5.56 Å². The second kappa shape index (κ2) is 4.20. The first kappa shape index (κ1) is 11.9. The molecule has 0 fully saturated rings. The van der Waals surface area contributed by atoms with Crippen molar-refractivity contribution in [2.45, 2.75) is 6.92 Å². The van der Waals surface area contributed by atoms with Crippen molar-refractivity contribution in [3.63, 3.8) is 0 Å². The minimum absolute atomic E-state index is 0.157. The Balaban J connectivity index is 2.42. The summed E-state index contributed by atoms with van der Waals surface area (Å²) in [5.74, 6) is 0.456. The van der Waals surface area contributed by atoms with Crippen LogP contribution in [0, 0.1) is 6.92 Å². The molecule has 7 heteroatoms. The van der Waals surface area contributed by atoms with Gasteiger partial charge in [0.2, 0.25) is 11.7 Å². The zero-order valence-corrected chi connectivity index (χ0v) is 11.5. The van der Waals surface area contributed by atoms with Crippen LogP contribution in [0.5, 0.6) is 5.88 Å². The van der Waals surface area contributed by atoms with Crippen LogP contribution in [-0.4, -0.2) is 24.7 Å². The van der Waals surface area contributed by atoms with Crippen molar-refractivity contribution in [3.8, 4) is 17.0 Å². The van der Waals surface area contributed by atoms with Crippen LogP contribution in [0.25, 0.3) is 16.9 Å². The van der Waals surface area contributed by atoms with E-state index >= 15 is 0 Å². The Hall–Kier alpha value is -2.15. The lowest BCUT2D eigenvalue weighted by Crippen LogP contribution is -2.13. The number of aromatic nitrogens is 4. The van der Waals surface area contributed by atoms with Crippen LogP contribution in [0.3, 0.4) is 0 Å². The zero-order chi connectivity index (χ0) is 13.6. The number of fused-ring (bicyclic) bond motifs is 1. The van der Waals surface area contributed by atoms with Crippen LogP contribution in [-0.2, 0) is 0 Å². The average molecular weight is 321 g/mol. The lowest BCUT2D eigenvalue weighted by atomic mass is 10.1. The molecule has 6 nitrogen and oxygen atoms in total. The summed E-state index contributed by atoms with van der Waals surface area (Å²) in [5, 5.41) is 14.3. The largest absolute Gasteiger partial charge is 0.493 e. The molecule has 0 bridgehead atoms. The van der Waals surface area contributed by atoms with Crippen LogP contribution < -0.4 is 5.56 Å². The fraction of sp³-hybridized carbons (Fsp3) is 0.0833. The molecule has 19 heavy (non-hydrogen) atoms. The molecule has 0 saturated carbocycles. The second-order valence-corrected chi connectivity index (χ2v) is 4.88. The van der Waals surface area contributed by atoms with E-state index in [9.17, 15) is 9.90 Å². The molecule has 0 saturated heterocycles. The fourth-order valence-corrected chi connectivity index (χ4v) is 2.40. The summed E-state index contributed by atoms with van der Waals surface area (Å²) >= 11 is 3.36. The van der Waals surface area contributed by atoms with E-state index in [1.54, 1.807) is 25.1 Å². The Labute approximate surface area is 115 Å². The molecule has 0 atom stereocenters. The van der Waals surface area contributed by atoms with Crippen molar-refractivity contribution < 1.29 is 5.11 Å². The van der Waals surface area contributed by atoms with Crippen molar-refractivity contribution in [2.75, 3.05) is 0 Å². The maximum atomic E-state index is 12.1. The summed E-state index contributed by atoms with van der Waals surface area (Å²) in [6.07, 6.45) is 0. The molecule has 0 amide bonds. The Morgan fingerprint density at radius 2 is 2.11 bits per heavy atom. The highest BCUT2D eigenvalue weighted by Gasteiger charge is 2.17. The van der Waals surface area contributed by atoms with E-state index in [2.05, 4.69) is 31.0 Å². The van der Waals surface area contributed by atoms with E-state index in [4.69, 9.17) is 0 Å². The summed E-state index contributed by atoms with van der Waals surface area (Å²) in [4.78, 5) is 18.7. The van der Waals surface area contributed by atoms with Gasteiger partial charge in [0, 0.05) is 10.0 Å². The van der Waals surface area contributed by atoms with Gasteiger partial charge in [-0.3, -0.25) is 9.78 Å². The van der Waals surface area contributed by atoms with Crippen LogP contribution in [0.2, 0.25) is 0 Å². The number of H-pyrrole nitrogens is 1. The van der Waals surface area contributed by atoms with E-state index in [0.29, 0.717) is 15.9 Å². The Morgan fingerprint density at radius 3 is 2.84 bits per heavy atom. The maximum Gasteiger partial charge on any atom is 0.264 e. The number of aryl methyl sites for hydroxylation is 1. The molecule has 0 aliphatic carbocycles. The molecule has 0 unspecified atom stereocenters. The quantitative estimate of drug-likeness (QED) is 0.717.